The Morgan fingerprint density at radius 2 is 1.86 bits per heavy atom. The summed E-state index contributed by atoms with van der Waals surface area (Å²) in [6.07, 6.45) is 2.80. The summed E-state index contributed by atoms with van der Waals surface area (Å²) in [6, 6.07) is 15.8. The molecule has 4 heteroatoms. The highest BCUT2D eigenvalue weighted by molar-refractivity contribution is 5.79. The maximum Gasteiger partial charge on any atom is 0.123 e. The van der Waals surface area contributed by atoms with Crippen molar-refractivity contribution < 1.29 is 9.47 Å². The van der Waals surface area contributed by atoms with Gasteiger partial charge in [-0.05, 0) is 42.3 Å². The van der Waals surface area contributed by atoms with Gasteiger partial charge in [-0.15, -0.1) is 0 Å². The van der Waals surface area contributed by atoms with Gasteiger partial charge in [-0.25, -0.2) is 0 Å². The highest BCUT2D eigenvalue weighted by Crippen LogP contribution is 2.16. The summed E-state index contributed by atoms with van der Waals surface area (Å²) in [4.78, 5) is 0. The van der Waals surface area contributed by atoms with Crippen LogP contribution in [0.25, 0.3) is 0 Å². The molecular formula is C18H22N2O2. The normalized spacial score (nSPS) is 10.6. The molecule has 2 aromatic carbocycles. The van der Waals surface area contributed by atoms with Crippen LogP contribution in [0.5, 0.6) is 11.5 Å². The quantitative estimate of drug-likeness (QED) is 0.598. The van der Waals surface area contributed by atoms with Crippen molar-refractivity contribution in [1.29, 1.82) is 0 Å². The number of methoxy groups -OCH3 is 1. The number of benzene rings is 2. The summed E-state index contributed by atoms with van der Waals surface area (Å²) >= 11 is 0. The van der Waals surface area contributed by atoms with Crippen LogP contribution in [0.2, 0.25) is 0 Å². The third-order valence-corrected chi connectivity index (χ3v) is 3.12. The molecule has 0 aliphatic carbocycles. The Morgan fingerprint density at radius 1 is 1.09 bits per heavy atom. The van der Waals surface area contributed by atoms with Crippen LogP contribution in [0.3, 0.4) is 0 Å². The third kappa shape index (κ3) is 4.81. The molecule has 0 unspecified atom stereocenters. The monoisotopic (exact) mass is 298 g/mol. The predicted octanol–water partition coefficient (Wildman–Crippen LogP) is 3.61. The Kier molecular flexibility index (Phi) is 6.30. The van der Waals surface area contributed by atoms with E-state index < -0.39 is 0 Å². The third-order valence-electron chi connectivity index (χ3n) is 3.12. The molecule has 0 aromatic heterocycles. The molecule has 0 aliphatic rings. The molecule has 116 valence electrons. The first kappa shape index (κ1) is 15.9. The van der Waals surface area contributed by atoms with Crippen LogP contribution >= 0.6 is 0 Å². The molecule has 0 spiro atoms. The number of hydrogen-bond donors (Lipinski definition) is 1. The van der Waals surface area contributed by atoms with Crippen LogP contribution in [-0.4, -0.2) is 19.9 Å². The fourth-order valence-corrected chi connectivity index (χ4v) is 1.97. The SMILES string of the molecule is CCCOc1ccc(/C=N\NCc2ccccc2OC)cc1. The smallest absolute Gasteiger partial charge is 0.123 e. The lowest BCUT2D eigenvalue weighted by molar-refractivity contribution is 0.317. The van der Waals surface area contributed by atoms with E-state index in [0.717, 1.165) is 35.7 Å². The molecule has 0 atom stereocenters. The molecule has 22 heavy (non-hydrogen) atoms. The summed E-state index contributed by atoms with van der Waals surface area (Å²) in [5, 5.41) is 4.23. The molecule has 0 fully saturated rings. The zero-order valence-electron chi connectivity index (χ0n) is 13.1. The second kappa shape index (κ2) is 8.72. The van der Waals surface area contributed by atoms with Crippen molar-refractivity contribution in [1.82, 2.24) is 5.43 Å². The van der Waals surface area contributed by atoms with Gasteiger partial charge in [0.2, 0.25) is 0 Å². The Hall–Kier alpha value is -2.49. The summed E-state index contributed by atoms with van der Waals surface area (Å²) in [5.74, 6) is 1.75. The van der Waals surface area contributed by atoms with Crippen LogP contribution in [-0.2, 0) is 6.54 Å². The zero-order chi connectivity index (χ0) is 15.6. The number of ether oxygens (including phenoxy) is 2. The number of hydrogen-bond acceptors (Lipinski definition) is 4. The first-order chi connectivity index (χ1) is 10.8. The standard InChI is InChI=1S/C18H22N2O2/c1-3-12-22-17-10-8-15(9-11-17)13-19-20-14-16-6-4-5-7-18(16)21-2/h4-11,13,20H,3,12,14H2,1-2H3/b19-13-. The van der Waals surface area contributed by atoms with Gasteiger partial charge in [0.1, 0.15) is 11.5 Å². The number of hydrazone groups is 1. The highest BCUT2D eigenvalue weighted by atomic mass is 16.5. The lowest BCUT2D eigenvalue weighted by Gasteiger charge is -2.07. The number of para-hydroxylation sites is 1. The lowest BCUT2D eigenvalue weighted by atomic mass is 10.2. The first-order valence-electron chi connectivity index (χ1n) is 7.44. The van der Waals surface area contributed by atoms with E-state index in [4.69, 9.17) is 9.47 Å². The van der Waals surface area contributed by atoms with E-state index in [-0.39, 0.29) is 0 Å². The largest absolute Gasteiger partial charge is 0.496 e. The van der Waals surface area contributed by atoms with Crippen LogP contribution in [0.4, 0.5) is 0 Å². The molecule has 1 N–H and O–H groups in total. The summed E-state index contributed by atoms with van der Waals surface area (Å²) in [7, 11) is 1.67. The maximum absolute atomic E-state index is 5.55. The van der Waals surface area contributed by atoms with E-state index in [1.165, 1.54) is 0 Å². The van der Waals surface area contributed by atoms with Crippen molar-refractivity contribution in [2.75, 3.05) is 13.7 Å². The highest BCUT2D eigenvalue weighted by Gasteiger charge is 1.99. The van der Waals surface area contributed by atoms with Gasteiger partial charge in [-0.2, -0.15) is 5.10 Å². The Morgan fingerprint density at radius 3 is 2.59 bits per heavy atom. The van der Waals surface area contributed by atoms with Crippen molar-refractivity contribution >= 4 is 6.21 Å². The van der Waals surface area contributed by atoms with Crippen molar-refractivity contribution in [3.8, 4) is 11.5 Å². The van der Waals surface area contributed by atoms with Crippen molar-refractivity contribution in [3.63, 3.8) is 0 Å². The second-order valence-corrected chi connectivity index (χ2v) is 4.82. The van der Waals surface area contributed by atoms with E-state index in [9.17, 15) is 0 Å². The Bertz CT molecular complexity index is 594. The van der Waals surface area contributed by atoms with Crippen LogP contribution < -0.4 is 14.9 Å². The zero-order valence-corrected chi connectivity index (χ0v) is 13.1. The molecule has 0 amide bonds. The predicted molar refractivity (Wildman–Crippen MR) is 89.7 cm³/mol. The number of rotatable bonds is 8. The average Bonchev–Trinajstić information content (AvgIpc) is 2.58. The minimum Gasteiger partial charge on any atom is -0.496 e. The van der Waals surface area contributed by atoms with E-state index in [0.29, 0.717) is 6.54 Å². The summed E-state index contributed by atoms with van der Waals surface area (Å²) < 4.78 is 10.8. The van der Waals surface area contributed by atoms with Gasteiger partial charge in [0.05, 0.1) is 26.5 Å². The fraction of sp³-hybridized carbons (Fsp3) is 0.278. The van der Waals surface area contributed by atoms with E-state index in [1.54, 1.807) is 13.3 Å². The van der Waals surface area contributed by atoms with Crippen LogP contribution in [0.1, 0.15) is 24.5 Å². The lowest BCUT2D eigenvalue weighted by Crippen LogP contribution is -2.06. The van der Waals surface area contributed by atoms with Crippen molar-refractivity contribution in [2.24, 2.45) is 5.10 Å². The topological polar surface area (TPSA) is 42.8 Å². The van der Waals surface area contributed by atoms with Crippen molar-refractivity contribution in [2.45, 2.75) is 19.9 Å². The molecule has 2 aromatic rings. The van der Waals surface area contributed by atoms with Gasteiger partial charge in [0.15, 0.2) is 0 Å². The fourth-order valence-electron chi connectivity index (χ4n) is 1.97. The molecular weight excluding hydrogens is 276 g/mol. The molecule has 0 aliphatic heterocycles. The summed E-state index contributed by atoms with van der Waals surface area (Å²) in [6.45, 7) is 3.46. The Balaban J connectivity index is 1.84. The van der Waals surface area contributed by atoms with Crippen LogP contribution in [0, 0.1) is 0 Å². The molecule has 0 radical (unpaired) electrons. The molecule has 0 heterocycles. The number of nitrogens with one attached hydrogen (secondary N) is 1. The molecule has 0 bridgehead atoms. The van der Waals surface area contributed by atoms with Gasteiger partial charge in [0.25, 0.3) is 0 Å². The van der Waals surface area contributed by atoms with Gasteiger partial charge < -0.3 is 14.9 Å². The average molecular weight is 298 g/mol. The van der Waals surface area contributed by atoms with E-state index in [1.807, 2.05) is 48.5 Å². The van der Waals surface area contributed by atoms with E-state index in [2.05, 4.69) is 17.5 Å². The van der Waals surface area contributed by atoms with Gasteiger partial charge in [-0.3, -0.25) is 0 Å². The van der Waals surface area contributed by atoms with Gasteiger partial charge in [0, 0.05) is 5.56 Å². The van der Waals surface area contributed by atoms with Gasteiger partial charge >= 0.3 is 0 Å². The molecule has 0 saturated carbocycles. The molecule has 4 nitrogen and oxygen atoms in total. The molecule has 0 saturated heterocycles. The van der Waals surface area contributed by atoms with Crippen molar-refractivity contribution in [3.05, 3.63) is 59.7 Å². The maximum atomic E-state index is 5.55. The first-order valence-corrected chi connectivity index (χ1v) is 7.44. The molecule has 2 rings (SSSR count). The van der Waals surface area contributed by atoms with Gasteiger partial charge in [-0.1, -0.05) is 25.1 Å². The van der Waals surface area contributed by atoms with Crippen LogP contribution in [0.15, 0.2) is 53.6 Å². The minimum absolute atomic E-state index is 0.623. The minimum atomic E-state index is 0.623. The van der Waals surface area contributed by atoms with E-state index >= 15 is 0 Å². The number of nitrogens with zero attached hydrogens (tertiary/aromatic N) is 1. The second-order valence-electron chi connectivity index (χ2n) is 4.82. The summed E-state index contributed by atoms with van der Waals surface area (Å²) in [5.41, 5.74) is 5.13. The Labute approximate surface area is 131 Å².